The van der Waals surface area contributed by atoms with E-state index in [1.165, 1.54) is 16.7 Å². The van der Waals surface area contributed by atoms with Crippen LogP contribution in [0.15, 0.2) is 36.0 Å². The molecule has 0 aromatic rings. The lowest BCUT2D eigenvalue weighted by atomic mass is 10.0. The molecule has 0 aliphatic rings. The van der Waals surface area contributed by atoms with Crippen LogP contribution in [0.4, 0.5) is 0 Å². The molecule has 0 heteroatoms. The van der Waals surface area contributed by atoms with Crippen molar-refractivity contribution in [1.29, 1.82) is 0 Å². The van der Waals surface area contributed by atoms with Crippen molar-refractivity contribution in [2.24, 2.45) is 0 Å². The summed E-state index contributed by atoms with van der Waals surface area (Å²) in [6, 6.07) is 0. The van der Waals surface area contributed by atoms with Gasteiger partial charge in [0.25, 0.3) is 0 Å². The fraction of sp³-hybridized carbons (Fsp3) is 0.500. The quantitative estimate of drug-likeness (QED) is 0.418. The van der Waals surface area contributed by atoms with Gasteiger partial charge < -0.3 is 0 Å². The SMILES string of the molecule is C=C.CC/C=C(/C)C(C)=C(C)C. The first kappa shape index (κ1) is 13.8. The molecule has 0 rings (SSSR count). The van der Waals surface area contributed by atoms with Crippen molar-refractivity contribution in [3.63, 3.8) is 0 Å². The molecule has 70 valence electrons. The summed E-state index contributed by atoms with van der Waals surface area (Å²) in [5.41, 5.74) is 4.27. The van der Waals surface area contributed by atoms with Crippen molar-refractivity contribution in [3.8, 4) is 0 Å². The smallest absolute Gasteiger partial charge is 0.0373 e. The van der Waals surface area contributed by atoms with Crippen LogP contribution in [0.1, 0.15) is 41.0 Å². The van der Waals surface area contributed by atoms with E-state index in [2.05, 4.69) is 53.9 Å². The molecule has 0 heterocycles. The van der Waals surface area contributed by atoms with E-state index in [4.69, 9.17) is 0 Å². The summed E-state index contributed by atoms with van der Waals surface area (Å²) in [4.78, 5) is 0. The van der Waals surface area contributed by atoms with Gasteiger partial charge in [-0.05, 0) is 39.7 Å². The molecular formula is C12H22. The first-order chi connectivity index (χ1) is 5.59. The van der Waals surface area contributed by atoms with Crippen LogP contribution in [-0.4, -0.2) is 0 Å². The third kappa shape index (κ3) is 5.96. The van der Waals surface area contributed by atoms with Crippen LogP contribution in [0.25, 0.3) is 0 Å². The average molecular weight is 166 g/mol. The van der Waals surface area contributed by atoms with E-state index < -0.39 is 0 Å². The van der Waals surface area contributed by atoms with Gasteiger partial charge in [-0.15, -0.1) is 13.2 Å². The Labute approximate surface area is 77.7 Å². The molecule has 0 N–H and O–H groups in total. The summed E-state index contributed by atoms with van der Waals surface area (Å²) in [6.45, 7) is 16.8. The third-order valence-corrected chi connectivity index (χ3v) is 1.85. The van der Waals surface area contributed by atoms with Gasteiger partial charge in [0.2, 0.25) is 0 Å². The second-order valence-electron chi connectivity index (χ2n) is 2.92. The highest BCUT2D eigenvalue weighted by atomic mass is 14.0. The first-order valence-corrected chi connectivity index (χ1v) is 4.40. The monoisotopic (exact) mass is 166 g/mol. The molecule has 0 atom stereocenters. The van der Waals surface area contributed by atoms with Crippen molar-refractivity contribution >= 4 is 0 Å². The van der Waals surface area contributed by atoms with E-state index in [1.807, 2.05) is 0 Å². The molecule has 0 radical (unpaired) electrons. The van der Waals surface area contributed by atoms with E-state index in [1.54, 1.807) is 0 Å². The normalized spacial score (nSPS) is 9.92. The van der Waals surface area contributed by atoms with Crippen LogP contribution in [0.3, 0.4) is 0 Å². The van der Waals surface area contributed by atoms with Gasteiger partial charge in [0.05, 0.1) is 0 Å². The van der Waals surface area contributed by atoms with Gasteiger partial charge in [-0.3, -0.25) is 0 Å². The van der Waals surface area contributed by atoms with Crippen molar-refractivity contribution in [1.82, 2.24) is 0 Å². The summed E-state index contributed by atoms with van der Waals surface area (Å²) in [6.07, 6.45) is 3.40. The van der Waals surface area contributed by atoms with Crippen molar-refractivity contribution < 1.29 is 0 Å². The molecule has 0 aliphatic carbocycles. The van der Waals surface area contributed by atoms with Crippen molar-refractivity contribution in [2.75, 3.05) is 0 Å². The Morgan fingerprint density at radius 3 is 1.75 bits per heavy atom. The molecule has 0 unspecified atom stereocenters. The van der Waals surface area contributed by atoms with Gasteiger partial charge in [-0.2, -0.15) is 0 Å². The van der Waals surface area contributed by atoms with Crippen LogP contribution in [-0.2, 0) is 0 Å². The highest BCUT2D eigenvalue weighted by Crippen LogP contribution is 2.13. The Hall–Kier alpha value is -0.780. The second kappa shape index (κ2) is 8.32. The van der Waals surface area contributed by atoms with Crippen LogP contribution in [0.5, 0.6) is 0 Å². The highest BCUT2D eigenvalue weighted by molar-refractivity contribution is 5.30. The standard InChI is InChI=1S/C10H18.C2H4/c1-6-7-9(4)10(5)8(2)3;1-2/h7H,6H2,1-5H3;1-2H2/b9-7-;. The maximum Gasteiger partial charge on any atom is -0.0373 e. The van der Waals surface area contributed by atoms with Crippen LogP contribution in [0.2, 0.25) is 0 Å². The predicted octanol–water partition coefficient (Wildman–Crippen LogP) is 4.50. The van der Waals surface area contributed by atoms with Crippen molar-refractivity contribution in [2.45, 2.75) is 41.0 Å². The maximum absolute atomic E-state index is 3.00. The summed E-state index contributed by atoms with van der Waals surface area (Å²) in [7, 11) is 0. The third-order valence-electron chi connectivity index (χ3n) is 1.85. The van der Waals surface area contributed by atoms with Gasteiger partial charge in [0.1, 0.15) is 0 Å². The summed E-state index contributed by atoms with van der Waals surface area (Å²) >= 11 is 0. The van der Waals surface area contributed by atoms with E-state index in [0.717, 1.165) is 6.42 Å². The molecule has 12 heavy (non-hydrogen) atoms. The van der Waals surface area contributed by atoms with Gasteiger partial charge >= 0.3 is 0 Å². The molecule has 0 saturated heterocycles. The minimum Gasteiger partial charge on any atom is -0.106 e. The minimum absolute atomic E-state index is 1.14. The molecule has 0 amide bonds. The summed E-state index contributed by atoms with van der Waals surface area (Å²) < 4.78 is 0. The van der Waals surface area contributed by atoms with E-state index in [9.17, 15) is 0 Å². The number of allylic oxidation sites excluding steroid dienone is 4. The number of rotatable bonds is 2. The Bertz CT molecular complexity index is 166. The number of hydrogen-bond donors (Lipinski definition) is 0. The Morgan fingerprint density at radius 1 is 1.08 bits per heavy atom. The predicted molar refractivity (Wildman–Crippen MR) is 59.4 cm³/mol. The minimum atomic E-state index is 1.14. The topological polar surface area (TPSA) is 0 Å². The Kier molecular flexibility index (Phi) is 9.56. The fourth-order valence-electron chi connectivity index (χ4n) is 0.854. The summed E-state index contributed by atoms with van der Waals surface area (Å²) in [5, 5.41) is 0. The highest BCUT2D eigenvalue weighted by Gasteiger charge is 1.92. The lowest BCUT2D eigenvalue weighted by molar-refractivity contribution is 1.15. The van der Waals surface area contributed by atoms with Crippen molar-refractivity contribution in [3.05, 3.63) is 36.0 Å². The van der Waals surface area contributed by atoms with Gasteiger partial charge in [0.15, 0.2) is 0 Å². The molecule has 0 bridgehead atoms. The molecular weight excluding hydrogens is 144 g/mol. The van der Waals surface area contributed by atoms with Gasteiger partial charge in [-0.1, -0.05) is 24.1 Å². The first-order valence-electron chi connectivity index (χ1n) is 4.40. The molecule has 0 aromatic carbocycles. The molecule has 0 aromatic heterocycles. The Morgan fingerprint density at radius 2 is 1.50 bits per heavy atom. The molecule has 0 nitrogen and oxygen atoms in total. The largest absolute Gasteiger partial charge is 0.106 e. The fourth-order valence-corrected chi connectivity index (χ4v) is 0.854. The maximum atomic E-state index is 3.00. The van der Waals surface area contributed by atoms with Crippen LogP contribution in [0, 0.1) is 0 Å². The van der Waals surface area contributed by atoms with E-state index >= 15 is 0 Å². The average Bonchev–Trinajstić information content (AvgIpc) is 2.07. The lowest BCUT2D eigenvalue weighted by Gasteiger charge is -2.02. The molecule has 0 spiro atoms. The zero-order valence-electron chi connectivity index (χ0n) is 9.20. The number of hydrogen-bond acceptors (Lipinski definition) is 0. The zero-order valence-corrected chi connectivity index (χ0v) is 9.20. The van der Waals surface area contributed by atoms with Gasteiger partial charge in [-0.25, -0.2) is 0 Å². The van der Waals surface area contributed by atoms with Gasteiger partial charge in [0, 0.05) is 0 Å². The Balaban J connectivity index is 0. The summed E-state index contributed by atoms with van der Waals surface area (Å²) in [5.74, 6) is 0. The molecule has 0 fully saturated rings. The van der Waals surface area contributed by atoms with E-state index in [0.29, 0.717) is 0 Å². The second-order valence-corrected chi connectivity index (χ2v) is 2.92. The molecule has 0 saturated carbocycles. The lowest BCUT2D eigenvalue weighted by Crippen LogP contribution is -1.81. The molecule has 0 aliphatic heterocycles. The van der Waals surface area contributed by atoms with E-state index in [-0.39, 0.29) is 0 Å². The zero-order chi connectivity index (χ0) is 10.1. The van der Waals surface area contributed by atoms with Crippen LogP contribution < -0.4 is 0 Å². The van der Waals surface area contributed by atoms with Crippen LogP contribution >= 0.6 is 0 Å².